The number of aromatic nitrogens is 2. The highest BCUT2D eigenvalue weighted by Crippen LogP contribution is 2.27. The second-order valence-electron chi connectivity index (χ2n) is 4.44. The molecule has 2 rings (SSSR count). The molecular weight excluding hydrogens is 217 g/mol. The Morgan fingerprint density at radius 3 is 2.59 bits per heavy atom. The van der Waals surface area contributed by atoms with Gasteiger partial charge in [0.15, 0.2) is 0 Å². The van der Waals surface area contributed by atoms with Gasteiger partial charge in [-0.15, -0.1) is 0 Å². The lowest BCUT2D eigenvalue weighted by Crippen LogP contribution is -2.04. The first-order chi connectivity index (χ1) is 8.00. The Hall–Kier alpha value is -1.84. The van der Waals surface area contributed by atoms with Crippen LogP contribution in [-0.4, -0.2) is 9.55 Å². The van der Waals surface area contributed by atoms with Crippen LogP contribution in [0, 0.1) is 12.7 Å². The number of halogens is 1. The van der Waals surface area contributed by atoms with E-state index in [4.69, 9.17) is 5.73 Å². The Kier molecular flexibility index (Phi) is 2.88. The van der Waals surface area contributed by atoms with Gasteiger partial charge in [0.1, 0.15) is 17.3 Å². The number of imidazole rings is 1. The third kappa shape index (κ3) is 2.02. The molecule has 0 fully saturated rings. The van der Waals surface area contributed by atoms with Gasteiger partial charge < -0.3 is 10.3 Å². The molecule has 0 radical (unpaired) electrons. The summed E-state index contributed by atoms with van der Waals surface area (Å²) in [7, 11) is 0. The lowest BCUT2D eigenvalue weighted by Gasteiger charge is -2.09. The van der Waals surface area contributed by atoms with Crippen LogP contribution in [0.2, 0.25) is 0 Å². The number of nitrogens with zero attached hydrogens (tertiary/aromatic N) is 2. The molecule has 90 valence electrons. The smallest absolute Gasteiger partial charge is 0.131 e. The maximum absolute atomic E-state index is 13.2. The lowest BCUT2D eigenvalue weighted by atomic mass is 10.1. The summed E-state index contributed by atoms with van der Waals surface area (Å²) in [6.07, 6.45) is 1.72. The maximum atomic E-state index is 13.2. The number of benzene rings is 1. The van der Waals surface area contributed by atoms with Gasteiger partial charge in [-0.25, -0.2) is 9.37 Å². The van der Waals surface area contributed by atoms with Crippen molar-refractivity contribution < 1.29 is 4.39 Å². The molecule has 0 unspecified atom stereocenters. The average Bonchev–Trinajstić information content (AvgIpc) is 2.64. The molecular formula is C13H16FN3. The summed E-state index contributed by atoms with van der Waals surface area (Å²) in [6, 6.07) is 5.17. The van der Waals surface area contributed by atoms with Crippen LogP contribution in [0.4, 0.5) is 10.2 Å². The van der Waals surface area contributed by atoms with Crippen LogP contribution in [0.25, 0.3) is 11.3 Å². The van der Waals surface area contributed by atoms with E-state index >= 15 is 0 Å². The van der Waals surface area contributed by atoms with E-state index in [0.29, 0.717) is 17.1 Å². The van der Waals surface area contributed by atoms with Crippen molar-refractivity contribution in [1.82, 2.24) is 9.55 Å². The van der Waals surface area contributed by atoms with Crippen LogP contribution in [0.3, 0.4) is 0 Å². The SMILES string of the molecule is Cc1cc(-c2ncn(C(C)C)c2N)ccc1F. The van der Waals surface area contributed by atoms with E-state index < -0.39 is 0 Å². The molecule has 0 bridgehead atoms. The largest absolute Gasteiger partial charge is 0.383 e. The van der Waals surface area contributed by atoms with Crippen molar-refractivity contribution in [2.45, 2.75) is 26.8 Å². The summed E-state index contributed by atoms with van der Waals surface area (Å²) < 4.78 is 15.1. The van der Waals surface area contributed by atoms with Crippen molar-refractivity contribution in [3.05, 3.63) is 35.9 Å². The molecule has 1 aromatic carbocycles. The zero-order valence-corrected chi connectivity index (χ0v) is 10.2. The normalized spacial score (nSPS) is 11.1. The summed E-state index contributed by atoms with van der Waals surface area (Å²) in [5.74, 6) is 0.404. The second kappa shape index (κ2) is 4.20. The maximum Gasteiger partial charge on any atom is 0.131 e. The van der Waals surface area contributed by atoms with Crippen LogP contribution in [0.5, 0.6) is 0 Å². The van der Waals surface area contributed by atoms with Gasteiger partial charge in [-0.05, 0) is 44.5 Å². The van der Waals surface area contributed by atoms with Crippen molar-refractivity contribution in [1.29, 1.82) is 0 Å². The molecule has 0 saturated heterocycles. The number of rotatable bonds is 2. The summed E-state index contributed by atoms with van der Waals surface area (Å²) in [5.41, 5.74) is 8.19. The van der Waals surface area contributed by atoms with Gasteiger partial charge in [0, 0.05) is 11.6 Å². The van der Waals surface area contributed by atoms with E-state index in [-0.39, 0.29) is 11.9 Å². The number of aryl methyl sites for hydroxylation is 1. The highest BCUT2D eigenvalue weighted by molar-refractivity contribution is 5.71. The van der Waals surface area contributed by atoms with Crippen molar-refractivity contribution in [3.8, 4) is 11.3 Å². The van der Waals surface area contributed by atoms with Crippen molar-refractivity contribution in [2.75, 3.05) is 5.73 Å². The van der Waals surface area contributed by atoms with Crippen LogP contribution in [0.15, 0.2) is 24.5 Å². The van der Waals surface area contributed by atoms with E-state index in [1.165, 1.54) is 6.07 Å². The first-order valence-corrected chi connectivity index (χ1v) is 5.59. The van der Waals surface area contributed by atoms with Gasteiger partial charge in [0.25, 0.3) is 0 Å². The summed E-state index contributed by atoms with van der Waals surface area (Å²) in [5, 5.41) is 0. The highest BCUT2D eigenvalue weighted by atomic mass is 19.1. The molecule has 1 aromatic heterocycles. The molecule has 0 aliphatic heterocycles. The third-order valence-corrected chi connectivity index (χ3v) is 2.82. The molecule has 0 atom stereocenters. The zero-order valence-electron chi connectivity index (χ0n) is 10.2. The predicted octanol–water partition coefficient (Wildman–Crippen LogP) is 3.16. The Balaban J connectivity index is 2.50. The minimum absolute atomic E-state index is 0.212. The summed E-state index contributed by atoms with van der Waals surface area (Å²) >= 11 is 0. The Labute approximate surface area is 100 Å². The highest BCUT2D eigenvalue weighted by Gasteiger charge is 2.12. The van der Waals surface area contributed by atoms with Gasteiger partial charge in [-0.2, -0.15) is 0 Å². The van der Waals surface area contributed by atoms with Gasteiger partial charge in [-0.3, -0.25) is 0 Å². The standard InChI is InChI=1S/C13H16FN3/c1-8(2)17-7-16-12(13(17)15)10-4-5-11(14)9(3)6-10/h4-8H,15H2,1-3H3. The first kappa shape index (κ1) is 11.6. The van der Waals surface area contributed by atoms with Crippen LogP contribution >= 0.6 is 0 Å². The number of nitrogens with two attached hydrogens (primary N) is 1. The topological polar surface area (TPSA) is 43.8 Å². The third-order valence-electron chi connectivity index (χ3n) is 2.82. The van der Waals surface area contributed by atoms with Crippen LogP contribution < -0.4 is 5.73 Å². The van der Waals surface area contributed by atoms with Crippen molar-refractivity contribution in [2.24, 2.45) is 0 Å². The molecule has 2 N–H and O–H groups in total. The molecule has 17 heavy (non-hydrogen) atoms. The molecule has 0 amide bonds. The average molecular weight is 233 g/mol. The fourth-order valence-corrected chi connectivity index (χ4v) is 1.80. The minimum atomic E-state index is -0.212. The number of anilines is 1. The molecule has 0 spiro atoms. The van der Waals surface area contributed by atoms with Gasteiger partial charge >= 0.3 is 0 Å². The molecule has 2 aromatic rings. The van der Waals surface area contributed by atoms with Crippen LogP contribution in [-0.2, 0) is 0 Å². The Morgan fingerprint density at radius 1 is 1.35 bits per heavy atom. The number of hydrogen-bond donors (Lipinski definition) is 1. The monoisotopic (exact) mass is 233 g/mol. The lowest BCUT2D eigenvalue weighted by molar-refractivity contribution is 0.607. The van der Waals surface area contributed by atoms with Gasteiger partial charge in [-0.1, -0.05) is 0 Å². The first-order valence-electron chi connectivity index (χ1n) is 5.59. The van der Waals surface area contributed by atoms with Gasteiger partial charge in [0.2, 0.25) is 0 Å². The quantitative estimate of drug-likeness (QED) is 0.865. The Morgan fingerprint density at radius 2 is 2.06 bits per heavy atom. The van der Waals surface area contributed by atoms with Crippen LogP contribution in [0.1, 0.15) is 25.5 Å². The van der Waals surface area contributed by atoms with E-state index in [0.717, 1.165) is 5.56 Å². The van der Waals surface area contributed by atoms with Crippen molar-refractivity contribution >= 4 is 5.82 Å². The van der Waals surface area contributed by atoms with E-state index in [1.807, 2.05) is 18.4 Å². The number of hydrogen-bond acceptors (Lipinski definition) is 2. The van der Waals surface area contributed by atoms with Crippen molar-refractivity contribution in [3.63, 3.8) is 0 Å². The summed E-state index contributed by atoms with van der Waals surface area (Å²) in [4.78, 5) is 4.29. The Bertz CT molecular complexity index is 544. The van der Waals surface area contributed by atoms with E-state index in [1.54, 1.807) is 25.4 Å². The van der Waals surface area contributed by atoms with E-state index in [9.17, 15) is 4.39 Å². The fraction of sp³-hybridized carbons (Fsp3) is 0.308. The molecule has 0 aliphatic rings. The fourth-order valence-electron chi connectivity index (χ4n) is 1.80. The van der Waals surface area contributed by atoms with E-state index in [2.05, 4.69) is 4.98 Å². The number of nitrogen functional groups attached to an aromatic ring is 1. The molecule has 3 nitrogen and oxygen atoms in total. The molecule has 4 heteroatoms. The van der Waals surface area contributed by atoms with Gasteiger partial charge in [0.05, 0.1) is 6.33 Å². The molecule has 0 saturated carbocycles. The minimum Gasteiger partial charge on any atom is -0.383 e. The molecule has 1 heterocycles. The zero-order chi connectivity index (χ0) is 12.6. The summed E-state index contributed by atoms with van der Waals surface area (Å²) in [6.45, 7) is 5.81. The second-order valence-corrected chi connectivity index (χ2v) is 4.44. The predicted molar refractivity (Wildman–Crippen MR) is 67.2 cm³/mol. The molecule has 0 aliphatic carbocycles.